The second kappa shape index (κ2) is 3.34. The van der Waals surface area contributed by atoms with Crippen LogP contribution in [0.4, 0.5) is 0 Å². The lowest BCUT2D eigenvalue weighted by Gasteiger charge is -1.92. The summed E-state index contributed by atoms with van der Waals surface area (Å²) in [5.41, 5.74) is 0.604. The lowest BCUT2D eigenvalue weighted by atomic mass is 10.1. The molecule has 0 amide bonds. The molecule has 0 aliphatic heterocycles. The van der Waals surface area contributed by atoms with E-state index in [2.05, 4.69) is 0 Å². The van der Waals surface area contributed by atoms with Gasteiger partial charge in [-0.3, -0.25) is 9.59 Å². The van der Waals surface area contributed by atoms with Gasteiger partial charge in [0.15, 0.2) is 5.78 Å². The summed E-state index contributed by atoms with van der Waals surface area (Å²) >= 11 is 0. The Hall–Kier alpha value is -1.38. The minimum Gasteiger partial charge on any atom is -0.357 e. The molecular weight excluding hydrogens is 154 g/mol. The predicted molar refractivity (Wildman–Crippen MR) is 45.0 cm³/mol. The van der Waals surface area contributed by atoms with E-state index in [1.165, 1.54) is 6.92 Å². The quantitative estimate of drug-likeness (QED) is 0.498. The topological polar surface area (TPSA) is 39.1 Å². The van der Waals surface area contributed by atoms with Crippen molar-refractivity contribution < 1.29 is 9.59 Å². The third-order valence-corrected chi connectivity index (χ3v) is 1.56. The molecule has 0 spiro atoms. The van der Waals surface area contributed by atoms with Crippen molar-refractivity contribution in [2.24, 2.45) is 7.05 Å². The molecule has 1 aromatic heterocycles. The van der Waals surface area contributed by atoms with Crippen LogP contribution >= 0.6 is 0 Å². The summed E-state index contributed by atoms with van der Waals surface area (Å²) < 4.78 is 1.79. The van der Waals surface area contributed by atoms with Crippen LogP contribution in [0.2, 0.25) is 0 Å². The molecule has 0 aliphatic carbocycles. The van der Waals surface area contributed by atoms with E-state index in [0.29, 0.717) is 5.56 Å². The minimum atomic E-state index is -0.108. The first-order chi connectivity index (χ1) is 5.59. The summed E-state index contributed by atoms with van der Waals surface area (Å²) in [5.74, 6) is -0.202. The molecule has 64 valence electrons. The second-order valence-electron chi connectivity index (χ2n) is 2.87. The van der Waals surface area contributed by atoms with Crippen molar-refractivity contribution in [2.45, 2.75) is 13.3 Å². The Morgan fingerprint density at radius 2 is 2.17 bits per heavy atom. The van der Waals surface area contributed by atoms with Gasteiger partial charge in [-0.25, -0.2) is 0 Å². The largest absolute Gasteiger partial charge is 0.357 e. The van der Waals surface area contributed by atoms with Crippen LogP contribution in [0, 0.1) is 0 Å². The third kappa shape index (κ3) is 2.05. The van der Waals surface area contributed by atoms with Crippen molar-refractivity contribution >= 4 is 11.6 Å². The monoisotopic (exact) mass is 165 g/mol. The Morgan fingerprint density at radius 3 is 2.58 bits per heavy atom. The van der Waals surface area contributed by atoms with Gasteiger partial charge in [-0.1, -0.05) is 0 Å². The fraction of sp³-hybridized carbons (Fsp3) is 0.333. The number of carbonyl (C=O) groups is 2. The minimum absolute atomic E-state index is 0.00398. The van der Waals surface area contributed by atoms with Crippen molar-refractivity contribution in [3.63, 3.8) is 0 Å². The summed E-state index contributed by atoms with van der Waals surface area (Å²) in [5, 5.41) is 0. The van der Waals surface area contributed by atoms with Gasteiger partial charge in [0.1, 0.15) is 5.78 Å². The van der Waals surface area contributed by atoms with E-state index in [4.69, 9.17) is 0 Å². The fourth-order valence-corrected chi connectivity index (χ4v) is 0.996. The second-order valence-corrected chi connectivity index (χ2v) is 2.87. The van der Waals surface area contributed by atoms with E-state index in [9.17, 15) is 9.59 Å². The number of Topliss-reactive ketones (excluding diaryl/α,β-unsaturated/α-hetero) is 2. The zero-order chi connectivity index (χ0) is 9.14. The molecule has 3 heteroatoms. The highest BCUT2D eigenvalue weighted by molar-refractivity contribution is 6.07. The Morgan fingerprint density at radius 1 is 1.50 bits per heavy atom. The Kier molecular flexibility index (Phi) is 2.43. The zero-order valence-corrected chi connectivity index (χ0v) is 7.20. The van der Waals surface area contributed by atoms with Crippen molar-refractivity contribution in [3.05, 3.63) is 24.0 Å². The normalized spacial score (nSPS) is 9.83. The van der Waals surface area contributed by atoms with Crippen molar-refractivity contribution in [3.8, 4) is 0 Å². The van der Waals surface area contributed by atoms with Crippen LogP contribution in [0.5, 0.6) is 0 Å². The SMILES string of the molecule is CC(=O)CC(=O)c1ccn(C)c1. The van der Waals surface area contributed by atoms with E-state index >= 15 is 0 Å². The number of ketones is 2. The number of aryl methyl sites for hydroxylation is 1. The summed E-state index contributed by atoms with van der Waals surface area (Å²) in [7, 11) is 1.84. The average molecular weight is 165 g/mol. The van der Waals surface area contributed by atoms with Crippen LogP contribution in [0.25, 0.3) is 0 Å². The van der Waals surface area contributed by atoms with Crippen molar-refractivity contribution in [2.75, 3.05) is 0 Å². The summed E-state index contributed by atoms with van der Waals surface area (Å²) in [6.07, 6.45) is 3.50. The molecule has 0 atom stereocenters. The number of aromatic nitrogens is 1. The Balaban J connectivity index is 2.72. The maximum atomic E-state index is 11.2. The highest BCUT2D eigenvalue weighted by Crippen LogP contribution is 2.03. The molecule has 0 bridgehead atoms. The van der Waals surface area contributed by atoms with E-state index in [1.54, 1.807) is 23.0 Å². The molecule has 12 heavy (non-hydrogen) atoms. The lowest BCUT2D eigenvalue weighted by molar-refractivity contribution is -0.116. The molecule has 0 aliphatic rings. The van der Waals surface area contributed by atoms with E-state index in [0.717, 1.165) is 0 Å². The van der Waals surface area contributed by atoms with Gasteiger partial charge in [-0.15, -0.1) is 0 Å². The molecule has 0 unspecified atom stereocenters. The van der Waals surface area contributed by atoms with Gasteiger partial charge in [0.25, 0.3) is 0 Å². The smallest absolute Gasteiger partial charge is 0.171 e. The first-order valence-electron chi connectivity index (χ1n) is 3.74. The first kappa shape index (κ1) is 8.71. The van der Waals surface area contributed by atoms with Crippen LogP contribution < -0.4 is 0 Å². The van der Waals surface area contributed by atoms with Gasteiger partial charge < -0.3 is 4.57 Å². The molecule has 1 aromatic rings. The standard InChI is InChI=1S/C9H11NO2/c1-7(11)5-9(12)8-3-4-10(2)6-8/h3-4,6H,5H2,1-2H3. The van der Waals surface area contributed by atoms with Gasteiger partial charge in [-0.05, 0) is 13.0 Å². The highest BCUT2D eigenvalue weighted by atomic mass is 16.1. The van der Waals surface area contributed by atoms with Gasteiger partial charge in [0.2, 0.25) is 0 Å². The zero-order valence-electron chi connectivity index (χ0n) is 7.20. The van der Waals surface area contributed by atoms with Gasteiger partial charge >= 0.3 is 0 Å². The predicted octanol–water partition coefficient (Wildman–Crippen LogP) is 1.19. The molecule has 0 saturated carbocycles. The molecule has 0 fully saturated rings. The fourth-order valence-electron chi connectivity index (χ4n) is 0.996. The number of carbonyl (C=O) groups excluding carboxylic acids is 2. The maximum Gasteiger partial charge on any atom is 0.171 e. The summed E-state index contributed by atoms with van der Waals surface area (Å²) in [6.45, 7) is 1.42. The van der Waals surface area contributed by atoms with Crippen molar-refractivity contribution in [1.29, 1.82) is 0 Å². The summed E-state index contributed by atoms with van der Waals surface area (Å²) in [4.78, 5) is 21.8. The van der Waals surface area contributed by atoms with Crippen LogP contribution in [0.1, 0.15) is 23.7 Å². The van der Waals surface area contributed by atoms with E-state index < -0.39 is 0 Å². The maximum absolute atomic E-state index is 11.2. The number of nitrogens with zero attached hydrogens (tertiary/aromatic N) is 1. The lowest BCUT2D eigenvalue weighted by Crippen LogP contribution is -2.03. The Bertz CT molecular complexity index is 312. The van der Waals surface area contributed by atoms with Crippen LogP contribution in [0.15, 0.2) is 18.5 Å². The molecule has 0 radical (unpaired) electrons. The molecule has 3 nitrogen and oxygen atoms in total. The van der Waals surface area contributed by atoms with Crippen LogP contribution in [-0.4, -0.2) is 16.1 Å². The molecule has 1 rings (SSSR count). The first-order valence-corrected chi connectivity index (χ1v) is 3.74. The van der Waals surface area contributed by atoms with Crippen LogP contribution in [0.3, 0.4) is 0 Å². The van der Waals surface area contributed by atoms with E-state index in [1.807, 2.05) is 7.05 Å². The van der Waals surface area contributed by atoms with Crippen LogP contribution in [-0.2, 0) is 11.8 Å². The number of hydrogen-bond acceptors (Lipinski definition) is 2. The molecule has 0 N–H and O–H groups in total. The van der Waals surface area contributed by atoms with Gasteiger partial charge in [-0.2, -0.15) is 0 Å². The average Bonchev–Trinajstić information content (AvgIpc) is 2.34. The number of rotatable bonds is 3. The number of hydrogen-bond donors (Lipinski definition) is 0. The third-order valence-electron chi connectivity index (χ3n) is 1.56. The molecular formula is C9H11NO2. The molecule has 0 saturated heterocycles. The highest BCUT2D eigenvalue weighted by Gasteiger charge is 2.08. The summed E-state index contributed by atoms with van der Waals surface area (Å²) in [6, 6.07) is 1.71. The Labute approximate surface area is 71.0 Å². The van der Waals surface area contributed by atoms with Gasteiger partial charge in [0, 0.05) is 25.0 Å². The molecule has 0 aromatic carbocycles. The molecule has 1 heterocycles. The van der Waals surface area contributed by atoms with Gasteiger partial charge in [0.05, 0.1) is 6.42 Å². The van der Waals surface area contributed by atoms with Crippen molar-refractivity contribution in [1.82, 2.24) is 4.57 Å². The van der Waals surface area contributed by atoms with E-state index in [-0.39, 0.29) is 18.0 Å².